The lowest BCUT2D eigenvalue weighted by atomic mass is 10.2. The highest BCUT2D eigenvalue weighted by atomic mass is 32.2. The molecular formula is C24H33N3O5S. The molecule has 1 fully saturated rings. The number of amides is 1. The molecule has 0 aliphatic carbocycles. The monoisotopic (exact) mass is 475 g/mol. The van der Waals surface area contributed by atoms with Gasteiger partial charge in [-0.2, -0.15) is 4.31 Å². The summed E-state index contributed by atoms with van der Waals surface area (Å²) in [6.45, 7) is 2.93. The smallest absolute Gasteiger partial charge is 0.243 e. The average Bonchev–Trinajstić information content (AvgIpc) is 3.10. The lowest BCUT2D eigenvalue weighted by molar-refractivity contribution is -0.114. The lowest BCUT2D eigenvalue weighted by Gasteiger charge is -2.22. The third kappa shape index (κ3) is 5.97. The van der Waals surface area contributed by atoms with E-state index >= 15 is 0 Å². The normalized spacial score (nSPS) is 14.9. The van der Waals surface area contributed by atoms with Crippen LogP contribution in [0.4, 0.5) is 11.4 Å². The number of benzene rings is 2. The molecule has 33 heavy (non-hydrogen) atoms. The molecule has 0 atom stereocenters. The number of sulfonamides is 1. The molecule has 1 saturated heterocycles. The number of ether oxygens (including phenoxy) is 2. The number of anilines is 2. The second kappa shape index (κ2) is 10.9. The topological polar surface area (TPSA) is 88.2 Å². The molecule has 9 heteroatoms. The molecule has 1 aliphatic heterocycles. The Morgan fingerprint density at radius 2 is 1.67 bits per heavy atom. The van der Waals surface area contributed by atoms with Crippen LogP contribution in [-0.2, 0) is 14.8 Å². The Morgan fingerprint density at radius 3 is 2.30 bits per heavy atom. The van der Waals surface area contributed by atoms with Crippen molar-refractivity contribution in [2.24, 2.45) is 0 Å². The van der Waals surface area contributed by atoms with Crippen molar-refractivity contribution in [1.82, 2.24) is 4.31 Å². The maximum Gasteiger partial charge on any atom is 0.243 e. The minimum atomic E-state index is -3.61. The predicted molar refractivity (Wildman–Crippen MR) is 130 cm³/mol. The minimum Gasteiger partial charge on any atom is -0.493 e. The fourth-order valence-corrected chi connectivity index (χ4v) is 5.71. The Kier molecular flexibility index (Phi) is 8.20. The molecule has 0 bridgehead atoms. The maximum absolute atomic E-state index is 13.3. The van der Waals surface area contributed by atoms with Crippen molar-refractivity contribution in [2.45, 2.75) is 37.5 Å². The maximum atomic E-state index is 13.3. The highest BCUT2D eigenvalue weighted by Crippen LogP contribution is 2.31. The van der Waals surface area contributed by atoms with Gasteiger partial charge >= 0.3 is 0 Å². The molecule has 3 rings (SSSR count). The number of carbonyl (C=O) groups excluding carboxylic acids is 1. The molecule has 0 spiro atoms. The Hall–Kier alpha value is -2.78. The molecule has 0 aromatic heterocycles. The second-order valence-corrected chi connectivity index (χ2v) is 10.1. The number of nitrogens with one attached hydrogen (secondary N) is 1. The van der Waals surface area contributed by atoms with E-state index in [1.807, 2.05) is 6.07 Å². The predicted octanol–water partition coefficient (Wildman–Crippen LogP) is 3.65. The van der Waals surface area contributed by atoms with Gasteiger partial charge in [0.25, 0.3) is 0 Å². The Morgan fingerprint density at radius 1 is 1.00 bits per heavy atom. The summed E-state index contributed by atoms with van der Waals surface area (Å²) in [5.41, 5.74) is 1.91. The standard InChI is InChI=1S/C24H33N3O5S/c1-18-9-10-19(15-23(18)33(29,30)27-13-7-5-6-8-14-27)25-24(28)17-26(2)20-11-12-21(31-3)22(16-20)32-4/h9-12,15-16H,5-8,13-14,17H2,1-4H3,(H,25,28). The first kappa shape index (κ1) is 24.9. The summed E-state index contributed by atoms with van der Waals surface area (Å²) in [5.74, 6) is 0.926. The van der Waals surface area contributed by atoms with Crippen LogP contribution in [0.5, 0.6) is 11.5 Å². The molecule has 180 valence electrons. The van der Waals surface area contributed by atoms with Gasteiger partial charge in [-0.1, -0.05) is 18.9 Å². The van der Waals surface area contributed by atoms with E-state index in [0.29, 0.717) is 35.8 Å². The van der Waals surface area contributed by atoms with Gasteiger partial charge in [0, 0.05) is 37.6 Å². The van der Waals surface area contributed by atoms with Crippen LogP contribution in [0.1, 0.15) is 31.2 Å². The number of nitrogens with zero attached hydrogens (tertiary/aromatic N) is 2. The molecule has 1 heterocycles. The van der Waals surface area contributed by atoms with E-state index in [1.165, 1.54) is 0 Å². The van der Waals surface area contributed by atoms with Crippen LogP contribution >= 0.6 is 0 Å². The minimum absolute atomic E-state index is 0.0809. The van der Waals surface area contributed by atoms with Gasteiger partial charge in [0.05, 0.1) is 25.7 Å². The zero-order valence-electron chi connectivity index (χ0n) is 19.8. The third-order valence-corrected chi connectivity index (χ3v) is 7.88. The van der Waals surface area contributed by atoms with Crippen LogP contribution in [0.25, 0.3) is 0 Å². The van der Waals surface area contributed by atoms with Crippen LogP contribution in [0.2, 0.25) is 0 Å². The third-order valence-electron chi connectivity index (χ3n) is 5.84. The summed E-state index contributed by atoms with van der Waals surface area (Å²) in [7, 11) is 1.31. The Balaban J connectivity index is 1.72. The average molecular weight is 476 g/mol. The highest BCUT2D eigenvalue weighted by molar-refractivity contribution is 7.89. The number of rotatable bonds is 8. The van der Waals surface area contributed by atoms with Gasteiger partial charge < -0.3 is 19.7 Å². The van der Waals surface area contributed by atoms with E-state index in [4.69, 9.17) is 9.47 Å². The van der Waals surface area contributed by atoms with Crippen LogP contribution in [-0.4, -0.2) is 59.5 Å². The second-order valence-electron chi connectivity index (χ2n) is 8.24. The van der Waals surface area contributed by atoms with E-state index in [0.717, 1.165) is 31.4 Å². The summed E-state index contributed by atoms with van der Waals surface area (Å²) in [6.07, 6.45) is 3.84. The van der Waals surface area contributed by atoms with Crippen LogP contribution in [0.3, 0.4) is 0 Å². The summed E-state index contributed by atoms with van der Waals surface area (Å²) in [5, 5.41) is 2.83. The van der Waals surface area contributed by atoms with Gasteiger partial charge in [-0.3, -0.25) is 4.79 Å². The highest BCUT2D eigenvalue weighted by Gasteiger charge is 2.27. The van der Waals surface area contributed by atoms with Gasteiger partial charge in [0.1, 0.15) is 0 Å². The van der Waals surface area contributed by atoms with E-state index < -0.39 is 10.0 Å². The fourth-order valence-electron chi connectivity index (χ4n) is 3.95. The quantitative estimate of drug-likeness (QED) is 0.627. The first-order valence-corrected chi connectivity index (χ1v) is 12.5. The largest absolute Gasteiger partial charge is 0.493 e. The molecule has 1 amide bonds. The summed E-state index contributed by atoms with van der Waals surface area (Å²) in [6, 6.07) is 10.4. The first-order valence-electron chi connectivity index (χ1n) is 11.1. The van der Waals surface area contributed by atoms with Crippen molar-refractivity contribution < 1.29 is 22.7 Å². The SMILES string of the molecule is COc1ccc(N(C)CC(=O)Nc2ccc(C)c(S(=O)(=O)N3CCCCCC3)c2)cc1OC. The molecule has 0 unspecified atom stereocenters. The van der Waals surface area contributed by atoms with Crippen molar-refractivity contribution in [3.63, 3.8) is 0 Å². The lowest BCUT2D eigenvalue weighted by Crippen LogP contribution is -2.32. The van der Waals surface area contributed by atoms with E-state index in [-0.39, 0.29) is 17.3 Å². The van der Waals surface area contributed by atoms with Gasteiger partial charge in [0.15, 0.2) is 11.5 Å². The number of carbonyl (C=O) groups is 1. The van der Waals surface area contributed by atoms with Crippen LogP contribution in [0, 0.1) is 6.92 Å². The van der Waals surface area contributed by atoms with Crippen molar-refractivity contribution in [2.75, 3.05) is 51.1 Å². The van der Waals surface area contributed by atoms with Gasteiger partial charge in [-0.15, -0.1) is 0 Å². The summed E-state index contributed by atoms with van der Waals surface area (Å²) >= 11 is 0. The van der Waals surface area contributed by atoms with Crippen molar-refractivity contribution >= 4 is 27.3 Å². The van der Waals surface area contributed by atoms with E-state index in [9.17, 15) is 13.2 Å². The summed E-state index contributed by atoms with van der Waals surface area (Å²) < 4.78 is 38.7. The van der Waals surface area contributed by atoms with Crippen LogP contribution in [0.15, 0.2) is 41.3 Å². The number of hydrogen-bond donors (Lipinski definition) is 1. The number of aryl methyl sites for hydroxylation is 1. The zero-order valence-corrected chi connectivity index (χ0v) is 20.6. The van der Waals surface area contributed by atoms with Crippen molar-refractivity contribution in [1.29, 1.82) is 0 Å². The van der Waals surface area contributed by atoms with Crippen molar-refractivity contribution in [3.05, 3.63) is 42.0 Å². The number of hydrogen-bond acceptors (Lipinski definition) is 6. The molecule has 2 aromatic rings. The molecular weight excluding hydrogens is 442 g/mol. The van der Waals surface area contributed by atoms with Gasteiger partial charge in [0.2, 0.25) is 15.9 Å². The number of methoxy groups -OCH3 is 2. The molecule has 1 N–H and O–H groups in total. The van der Waals surface area contributed by atoms with Crippen LogP contribution < -0.4 is 19.7 Å². The Labute approximate surface area is 196 Å². The van der Waals surface area contributed by atoms with Crippen molar-refractivity contribution in [3.8, 4) is 11.5 Å². The molecule has 0 radical (unpaired) electrons. The molecule has 8 nitrogen and oxygen atoms in total. The van der Waals surface area contributed by atoms with E-state index in [1.54, 1.807) is 67.7 Å². The number of likely N-dealkylation sites (N-methyl/N-ethyl adjacent to an activating group) is 1. The van der Waals surface area contributed by atoms with Gasteiger partial charge in [-0.25, -0.2) is 8.42 Å². The molecule has 2 aromatic carbocycles. The zero-order chi connectivity index (χ0) is 24.0. The summed E-state index contributed by atoms with van der Waals surface area (Å²) in [4.78, 5) is 14.7. The van der Waals surface area contributed by atoms with Gasteiger partial charge in [-0.05, 0) is 49.6 Å². The molecule has 1 aliphatic rings. The first-order chi connectivity index (χ1) is 15.8. The molecule has 0 saturated carbocycles. The fraction of sp³-hybridized carbons (Fsp3) is 0.458. The Bertz CT molecular complexity index is 1080. The van der Waals surface area contributed by atoms with E-state index in [2.05, 4.69) is 5.32 Å².